The first kappa shape index (κ1) is 21.2. The molecule has 0 saturated heterocycles. The maximum absolute atomic E-state index is 12.8. The molecule has 3 aromatic carbocycles. The van der Waals surface area contributed by atoms with Gasteiger partial charge in [-0.05, 0) is 42.8 Å². The SMILES string of the molecule is CCOC(=O)[C@H](Oc1ccc2c(c1)O/C(=C\c1cccc(OC)c1)C2=O)c1ccccc1. The summed E-state index contributed by atoms with van der Waals surface area (Å²) in [5, 5.41) is 0. The Kier molecular flexibility index (Phi) is 6.22. The molecular formula is C26H22O6. The van der Waals surface area contributed by atoms with E-state index in [0.717, 1.165) is 5.56 Å². The van der Waals surface area contributed by atoms with E-state index in [2.05, 4.69) is 0 Å². The van der Waals surface area contributed by atoms with Gasteiger partial charge in [0, 0.05) is 11.6 Å². The highest BCUT2D eigenvalue weighted by Crippen LogP contribution is 2.36. The van der Waals surface area contributed by atoms with Gasteiger partial charge in [-0.2, -0.15) is 0 Å². The largest absolute Gasteiger partial charge is 0.497 e. The summed E-state index contributed by atoms with van der Waals surface area (Å²) in [7, 11) is 1.58. The van der Waals surface area contributed by atoms with Crippen LogP contribution in [0.5, 0.6) is 17.2 Å². The molecule has 162 valence electrons. The molecule has 1 aliphatic rings. The first-order chi connectivity index (χ1) is 15.6. The van der Waals surface area contributed by atoms with Crippen molar-refractivity contribution in [2.75, 3.05) is 13.7 Å². The molecule has 1 heterocycles. The number of esters is 1. The highest BCUT2D eigenvalue weighted by Gasteiger charge is 2.29. The van der Waals surface area contributed by atoms with Gasteiger partial charge in [-0.3, -0.25) is 4.79 Å². The third kappa shape index (κ3) is 4.49. The van der Waals surface area contributed by atoms with Crippen LogP contribution in [-0.4, -0.2) is 25.5 Å². The lowest BCUT2D eigenvalue weighted by atomic mass is 10.1. The summed E-state index contributed by atoms with van der Waals surface area (Å²) in [6.45, 7) is 1.98. The van der Waals surface area contributed by atoms with Crippen molar-refractivity contribution in [1.82, 2.24) is 0 Å². The minimum absolute atomic E-state index is 0.204. The Labute approximate surface area is 186 Å². The van der Waals surface area contributed by atoms with Crippen LogP contribution < -0.4 is 14.2 Å². The fourth-order valence-electron chi connectivity index (χ4n) is 3.36. The molecule has 0 fully saturated rings. The van der Waals surface area contributed by atoms with Gasteiger partial charge >= 0.3 is 5.97 Å². The molecule has 0 saturated carbocycles. The van der Waals surface area contributed by atoms with Crippen LogP contribution in [0.3, 0.4) is 0 Å². The molecule has 0 radical (unpaired) electrons. The normalized spacial score (nSPS) is 14.4. The highest BCUT2D eigenvalue weighted by molar-refractivity contribution is 6.14. The standard InChI is InChI=1S/C26H22O6/c1-3-30-26(28)25(18-9-5-4-6-10-18)31-20-12-13-21-22(16-20)32-23(24(21)27)15-17-8-7-11-19(14-17)29-2/h4-16,25H,3H2,1-2H3/b23-15-/t25-/m1/s1. The smallest absolute Gasteiger partial charge is 0.352 e. The summed E-state index contributed by atoms with van der Waals surface area (Å²) >= 11 is 0. The number of carbonyl (C=O) groups excluding carboxylic acids is 2. The molecule has 0 unspecified atom stereocenters. The molecule has 32 heavy (non-hydrogen) atoms. The molecule has 0 aromatic heterocycles. The first-order valence-corrected chi connectivity index (χ1v) is 10.2. The number of rotatable bonds is 7. The minimum Gasteiger partial charge on any atom is -0.497 e. The summed E-state index contributed by atoms with van der Waals surface area (Å²) in [4.78, 5) is 25.3. The third-order valence-corrected chi connectivity index (χ3v) is 4.89. The lowest BCUT2D eigenvalue weighted by molar-refractivity contribution is -0.151. The van der Waals surface area contributed by atoms with E-state index < -0.39 is 12.1 Å². The summed E-state index contributed by atoms with van der Waals surface area (Å²) in [5.74, 6) is 0.937. The fourth-order valence-corrected chi connectivity index (χ4v) is 3.36. The van der Waals surface area contributed by atoms with E-state index in [9.17, 15) is 9.59 Å². The van der Waals surface area contributed by atoms with E-state index in [0.29, 0.717) is 28.4 Å². The number of carbonyl (C=O) groups is 2. The van der Waals surface area contributed by atoms with E-state index in [4.69, 9.17) is 18.9 Å². The van der Waals surface area contributed by atoms with Gasteiger partial charge < -0.3 is 18.9 Å². The summed E-state index contributed by atoms with van der Waals surface area (Å²) in [5.41, 5.74) is 1.88. The van der Waals surface area contributed by atoms with Gasteiger partial charge in [-0.1, -0.05) is 42.5 Å². The average Bonchev–Trinajstić information content (AvgIpc) is 3.12. The fraction of sp³-hybridized carbons (Fsp3) is 0.154. The second-order valence-electron chi connectivity index (χ2n) is 7.03. The summed E-state index contributed by atoms with van der Waals surface area (Å²) in [6.07, 6.45) is 0.731. The van der Waals surface area contributed by atoms with Gasteiger partial charge in [0.15, 0.2) is 5.76 Å². The molecule has 4 rings (SSSR count). The number of allylic oxidation sites excluding steroid dienone is 1. The van der Waals surface area contributed by atoms with Crippen LogP contribution >= 0.6 is 0 Å². The molecule has 1 atom stereocenters. The van der Waals surface area contributed by atoms with Crippen molar-refractivity contribution in [1.29, 1.82) is 0 Å². The topological polar surface area (TPSA) is 71.1 Å². The second kappa shape index (κ2) is 9.39. The van der Waals surface area contributed by atoms with Crippen molar-refractivity contribution < 1.29 is 28.5 Å². The second-order valence-corrected chi connectivity index (χ2v) is 7.03. The summed E-state index contributed by atoms with van der Waals surface area (Å²) < 4.78 is 22.2. The van der Waals surface area contributed by atoms with Gasteiger partial charge in [-0.15, -0.1) is 0 Å². The summed E-state index contributed by atoms with van der Waals surface area (Å²) in [6, 6.07) is 21.3. The van der Waals surface area contributed by atoms with Crippen LogP contribution in [0.1, 0.15) is 34.5 Å². The number of ketones is 1. The van der Waals surface area contributed by atoms with Crippen molar-refractivity contribution >= 4 is 17.8 Å². The predicted molar refractivity (Wildman–Crippen MR) is 119 cm³/mol. The van der Waals surface area contributed by atoms with E-state index in [1.807, 2.05) is 42.5 Å². The molecule has 6 nitrogen and oxygen atoms in total. The van der Waals surface area contributed by atoms with Crippen molar-refractivity contribution in [2.24, 2.45) is 0 Å². The van der Waals surface area contributed by atoms with Gasteiger partial charge in [0.25, 0.3) is 0 Å². The molecule has 1 aliphatic heterocycles. The van der Waals surface area contributed by atoms with E-state index >= 15 is 0 Å². The van der Waals surface area contributed by atoms with Crippen LogP contribution in [0.15, 0.2) is 78.6 Å². The number of Topliss-reactive ketones (excluding diaryl/α,β-unsaturated/α-hetero) is 1. The minimum atomic E-state index is -0.932. The van der Waals surface area contributed by atoms with Crippen LogP contribution in [0, 0.1) is 0 Å². The first-order valence-electron chi connectivity index (χ1n) is 10.2. The van der Waals surface area contributed by atoms with Crippen molar-refractivity contribution in [3.05, 3.63) is 95.2 Å². The Balaban J connectivity index is 1.58. The van der Waals surface area contributed by atoms with Gasteiger partial charge in [0.2, 0.25) is 11.9 Å². The Hall–Kier alpha value is -4.06. The molecule has 0 amide bonds. The van der Waals surface area contributed by atoms with Crippen LogP contribution in [0.2, 0.25) is 0 Å². The van der Waals surface area contributed by atoms with Crippen molar-refractivity contribution in [3.63, 3.8) is 0 Å². The van der Waals surface area contributed by atoms with Crippen molar-refractivity contribution in [3.8, 4) is 17.2 Å². The van der Waals surface area contributed by atoms with Gasteiger partial charge in [0.05, 0.1) is 19.3 Å². The zero-order valence-corrected chi connectivity index (χ0v) is 17.7. The van der Waals surface area contributed by atoms with Crippen LogP contribution in [0.25, 0.3) is 6.08 Å². The quantitative estimate of drug-likeness (QED) is 0.388. The van der Waals surface area contributed by atoms with Crippen LogP contribution in [0.4, 0.5) is 0 Å². The lowest BCUT2D eigenvalue weighted by Gasteiger charge is -2.18. The van der Waals surface area contributed by atoms with E-state index in [-0.39, 0.29) is 18.1 Å². The van der Waals surface area contributed by atoms with E-state index in [1.54, 1.807) is 50.4 Å². The Bertz CT molecular complexity index is 1170. The number of hydrogen-bond donors (Lipinski definition) is 0. The number of fused-ring (bicyclic) bond motifs is 1. The Morgan fingerprint density at radius 2 is 1.81 bits per heavy atom. The number of benzene rings is 3. The lowest BCUT2D eigenvalue weighted by Crippen LogP contribution is -2.21. The third-order valence-electron chi connectivity index (χ3n) is 4.89. The molecule has 0 aliphatic carbocycles. The number of hydrogen-bond acceptors (Lipinski definition) is 6. The van der Waals surface area contributed by atoms with Gasteiger partial charge in [-0.25, -0.2) is 4.79 Å². The Morgan fingerprint density at radius 1 is 1.00 bits per heavy atom. The zero-order valence-electron chi connectivity index (χ0n) is 17.7. The van der Waals surface area contributed by atoms with Crippen LogP contribution in [-0.2, 0) is 9.53 Å². The number of methoxy groups -OCH3 is 1. The molecule has 3 aromatic rings. The molecule has 0 spiro atoms. The predicted octanol–water partition coefficient (Wildman–Crippen LogP) is 4.99. The maximum atomic E-state index is 12.8. The zero-order chi connectivity index (χ0) is 22.5. The monoisotopic (exact) mass is 430 g/mol. The molecule has 6 heteroatoms. The van der Waals surface area contributed by atoms with Crippen molar-refractivity contribution in [2.45, 2.75) is 13.0 Å². The van der Waals surface area contributed by atoms with Gasteiger partial charge in [0.1, 0.15) is 17.2 Å². The van der Waals surface area contributed by atoms with E-state index in [1.165, 1.54) is 0 Å². The molecule has 0 N–H and O–H groups in total. The number of ether oxygens (including phenoxy) is 4. The Morgan fingerprint density at radius 3 is 2.56 bits per heavy atom. The highest BCUT2D eigenvalue weighted by atomic mass is 16.6. The maximum Gasteiger partial charge on any atom is 0.352 e. The molecular weight excluding hydrogens is 408 g/mol. The molecule has 0 bridgehead atoms. The average molecular weight is 430 g/mol.